The monoisotopic (exact) mass is 220 g/mol. The van der Waals surface area contributed by atoms with Gasteiger partial charge in [-0.3, -0.25) is 4.79 Å². The average Bonchev–Trinajstić information content (AvgIpc) is 2.25. The van der Waals surface area contributed by atoms with Crippen LogP contribution in [0, 0.1) is 0 Å². The van der Waals surface area contributed by atoms with Crippen LogP contribution in [0.25, 0.3) is 0 Å². The van der Waals surface area contributed by atoms with Crippen LogP contribution in [-0.2, 0) is 4.79 Å². The molecule has 0 bridgehead atoms. The van der Waals surface area contributed by atoms with Crippen LogP contribution in [0.3, 0.4) is 0 Å². The van der Waals surface area contributed by atoms with Crippen LogP contribution < -0.4 is 4.74 Å². The van der Waals surface area contributed by atoms with Crippen LogP contribution >= 0.6 is 0 Å². The maximum absolute atomic E-state index is 10.8. The van der Waals surface area contributed by atoms with Crippen molar-refractivity contribution in [3.63, 3.8) is 0 Å². The lowest BCUT2D eigenvalue weighted by atomic mass is 10.0. The van der Waals surface area contributed by atoms with Gasteiger partial charge in [0.25, 0.3) is 0 Å². The van der Waals surface area contributed by atoms with E-state index in [1.807, 2.05) is 6.92 Å². The third-order valence-corrected chi connectivity index (χ3v) is 2.21. The molecular weight excluding hydrogens is 204 g/mol. The molecule has 86 valence electrons. The Kier molecular flexibility index (Phi) is 4.11. The number of carboxylic acid groups (broad SMARTS) is 1. The van der Waals surface area contributed by atoms with Crippen molar-refractivity contribution in [1.29, 1.82) is 0 Å². The van der Waals surface area contributed by atoms with Crippen molar-refractivity contribution in [1.82, 2.24) is 0 Å². The number of ether oxygens (including phenoxy) is 1. The first-order valence-corrected chi connectivity index (χ1v) is 5.10. The summed E-state index contributed by atoms with van der Waals surface area (Å²) in [7, 11) is 0. The summed E-state index contributed by atoms with van der Waals surface area (Å²) in [5, 5.41) is 8.89. The number of hydrogen-bond acceptors (Lipinski definition) is 2. The molecule has 0 heterocycles. The Labute approximate surface area is 95.4 Å². The highest BCUT2D eigenvalue weighted by Crippen LogP contribution is 2.21. The molecule has 0 aromatic heterocycles. The molecule has 3 nitrogen and oxygen atoms in total. The van der Waals surface area contributed by atoms with E-state index in [1.165, 1.54) is 0 Å². The standard InChI is InChI=1S/C13H16O3/c1-9(2)8-16-12-6-4-5-11(7-12)10(3)13(14)15/h4-7,10H,1,8H2,2-3H3,(H,14,15). The third-order valence-electron chi connectivity index (χ3n) is 2.21. The zero-order chi connectivity index (χ0) is 12.1. The fraction of sp³-hybridized carbons (Fsp3) is 0.308. The number of hydrogen-bond donors (Lipinski definition) is 1. The van der Waals surface area contributed by atoms with E-state index in [0.717, 1.165) is 11.1 Å². The summed E-state index contributed by atoms with van der Waals surface area (Å²) < 4.78 is 5.45. The molecule has 1 unspecified atom stereocenters. The largest absolute Gasteiger partial charge is 0.489 e. The minimum atomic E-state index is -0.836. The summed E-state index contributed by atoms with van der Waals surface area (Å²) in [6.45, 7) is 7.72. The van der Waals surface area contributed by atoms with Crippen LogP contribution in [0.15, 0.2) is 36.4 Å². The Morgan fingerprint density at radius 2 is 2.25 bits per heavy atom. The molecule has 1 atom stereocenters. The Balaban J connectivity index is 2.78. The topological polar surface area (TPSA) is 46.5 Å². The van der Waals surface area contributed by atoms with Gasteiger partial charge in [0.2, 0.25) is 0 Å². The Morgan fingerprint density at radius 3 is 2.81 bits per heavy atom. The molecule has 0 fully saturated rings. The Morgan fingerprint density at radius 1 is 1.56 bits per heavy atom. The number of carbonyl (C=O) groups is 1. The molecule has 0 aliphatic heterocycles. The molecule has 0 aliphatic carbocycles. The van der Waals surface area contributed by atoms with E-state index >= 15 is 0 Å². The quantitative estimate of drug-likeness (QED) is 0.776. The molecular formula is C13H16O3. The van der Waals surface area contributed by atoms with E-state index in [-0.39, 0.29) is 0 Å². The molecule has 1 N–H and O–H groups in total. The van der Waals surface area contributed by atoms with Crippen molar-refractivity contribution in [2.24, 2.45) is 0 Å². The fourth-order valence-corrected chi connectivity index (χ4v) is 1.22. The van der Waals surface area contributed by atoms with Crippen LogP contribution in [0.1, 0.15) is 25.3 Å². The minimum Gasteiger partial charge on any atom is -0.489 e. The molecule has 0 amide bonds. The van der Waals surface area contributed by atoms with Crippen LogP contribution in [-0.4, -0.2) is 17.7 Å². The maximum atomic E-state index is 10.8. The van der Waals surface area contributed by atoms with Gasteiger partial charge < -0.3 is 9.84 Å². The first-order valence-electron chi connectivity index (χ1n) is 5.10. The Hall–Kier alpha value is -1.77. The number of aliphatic carboxylic acids is 1. The van der Waals surface area contributed by atoms with E-state index in [2.05, 4.69) is 6.58 Å². The first kappa shape index (κ1) is 12.3. The molecule has 3 heteroatoms. The molecule has 0 aliphatic rings. The second-order valence-corrected chi connectivity index (χ2v) is 3.88. The van der Waals surface area contributed by atoms with Gasteiger partial charge in [-0.2, -0.15) is 0 Å². The molecule has 16 heavy (non-hydrogen) atoms. The SMILES string of the molecule is C=C(C)COc1cccc(C(C)C(=O)O)c1. The molecule has 0 radical (unpaired) electrons. The zero-order valence-electron chi connectivity index (χ0n) is 9.56. The highest BCUT2D eigenvalue weighted by atomic mass is 16.5. The first-order chi connectivity index (χ1) is 7.50. The summed E-state index contributed by atoms with van der Waals surface area (Å²) in [4.78, 5) is 10.8. The maximum Gasteiger partial charge on any atom is 0.310 e. The van der Waals surface area contributed by atoms with Gasteiger partial charge in [0.1, 0.15) is 12.4 Å². The van der Waals surface area contributed by atoms with Gasteiger partial charge >= 0.3 is 5.97 Å². The van der Waals surface area contributed by atoms with Gasteiger partial charge in [-0.1, -0.05) is 18.7 Å². The van der Waals surface area contributed by atoms with Gasteiger partial charge in [0.05, 0.1) is 5.92 Å². The van der Waals surface area contributed by atoms with E-state index in [4.69, 9.17) is 9.84 Å². The number of rotatable bonds is 5. The third kappa shape index (κ3) is 3.42. The number of carboxylic acids is 1. The van der Waals surface area contributed by atoms with Crippen molar-refractivity contribution >= 4 is 5.97 Å². The van der Waals surface area contributed by atoms with Gasteiger partial charge in [-0.25, -0.2) is 0 Å². The van der Waals surface area contributed by atoms with Gasteiger partial charge in [0.15, 0.2) is 0 Å². The second-order valence-electron chi connectivity index (χ2n) is 3.88. The van der Waals surface area contributed by atoms with E-state index < -0.39 is 11.9 Å². The minimum absolute atomic E-state index is 0.449. The predicted octanol–water partition coefficient (Wildman–Crippen LogP) is 2.83. The fourth-order valence-electron chi connectivity index (χ4n) is 1.22. The zero-order valence-corrected chi connectivity index (χ0v) is 9.56. The molecule has 0 saturated heterocycles. The van der Waals surface area contributed by atoms with E-state index in [9.17, 15) is 4.79 Å². The lowest BCUT2D eigenvalue weighted by molar-refractivity contribution is -0.138. The summed E-state index contributed by atoms with van der Waals surface area (Å²) in [6, 6.07) is 7.14. The molecule has 1 aromatic rings. The molecule has 1 rings (SSSR count). The van der Waals surface area contributed by atoms with Gasteiger partial charge in [-0.15, -0.1) is 0 Å². The summed E-state index contributed by atoms with van der Waals surface area (Å²) in [6.07, 6.45) is 0. The highest BCUT2D eigenvalue weighted by molar-refractivity contribution is 5.75. The van der Waals surface area contributed by atoms with Crippen molar-refractivity contribution in [3.05, 3.63) is 42.0 Å². The normalized spacial score (nSPS) is 11.9. The van der Waals surface area contributed by atoms with E-state index in [0.29, 0.717) is 12.4 Å². The highest BCUT2D eigenvalue weighted by Gasteiger charge is 2.13. The van der Waals surface area contributed by atoms with Gasteiger partial charge in [0, 0.05) is 0 Å². The van der Waals surface area contributed by atoms with Gasteiger partial charge in [-0.05, 0) is 37.1 Å². The second kappa shape index (κ2) is 5.35. The lowest BCUT2D eigenvalue weighted by Crippen LogP contribution is -2.07. The Bertz CT molecular complexity index is 396. The van der Waals surface area contributed by atoms with Crippen molar-refractivity contribution < 1.29 is 14.6 Å². The summed E-state index contributed by atoms with van der Waals surface area (Å²) in [5.41, 5.74) is 1.67. The van der Waals surface area contributed by atoms with Crippen LogP contribution in [0.4, 0.5) is 0 Å². The molecule has 0 spiro atoms. The smallest absolute Gasteiger partial charge is 0.310 e. The molecule has 0 saturated carbocycles. The lowest BCUT2D eigenvalue weighted by Gasteiger charge is -2.10. The van der Waals surface area contributed by atoms with Crippen molar-refractivity contribution in [3.8, 4) is 5.75 Å². The van der Waals surface area contributed by atoms with Crippen LogP contribution in [0.2, 0.25) is 0 Å². The summed E-state index contributed by atoms with van der Waals surface area (Å²) >= 11 is 0. The number of benzene rings is 1. The van der Waals surface area contributed by atoms with Crippen molar-refractivity contribution in [2.75, 3.05) is 6.61 Å². The predicted molar refractivity (Wildman–Crippen MR) is 62.8 cm³/mol. The van der Waals surface area contributed by atoms with E-state index in [1.54, 1.807) is 31.2 Å². The molecule has 1 aromatic carbocycles. The van der Waals surface area contributed by atoms with Crippen molar-refractivity contribution in [2.45, 2.75) is 19.8 Å². The van der Waals surface area contributed by atoms with Crippen LogP contribution in [0.5, 0.6) is 5.75 Å². The average molecular weight is 220 g/mol. The summed E-state index contributed by atoms with van der Waals surface area (Å²) in [5.74, 6) is -0.681.